The number of nitrogens with zero attached hydrogens (tertiary/aromatic N) is 1. The van der Waals surface area contributed by atoms with Crippen LogP contribution in [0, 0.1) is 5.82 Å². The average molecular weight is 301 g/mol. The number of aromatic nitrogens is 1. The van der Waals surface area contributed by atoms with E-state index < -0.39 is 0 Å². The van der Waals surface area contributed by atoms with Crippen molar-refractivity contribution in [2.45, 2.75) is 9.79 Å². The lowest BCUT2D eigenvalue weighted by Crippen LogP contribution is -2.18. The van der Waals surface area contributed by atoms with Crippen molar-refractivity contribution >= 4 is 22.7 Å². The molecule has 0 saturated heterocycles. The number of hydrogen-bond donors (Lipinski definition) is 1. The molecule has 0 atom stereocenters. The van der Waals surface area contributed by atoms with E-state index in [9.17, 15) is 14.3 Å². The van der Waals surface area contributed by atoms with E-state index in [2.05, 4.69) is 0 Å². The highest BCUT2D eigenvalue weighted by Gasteiger charge is 2.15. The quantitative estimate of drug-likeness (QED) is 0.787. The normalized spacial score (nSPS) is 11.0. The van der Waals surface area contributed by atoms with Crippen LogP contribution >= 0.6 is 11.8 Å². The molecule has 0 aliphatic carbocycles. The van der Waals surface area contributed by atoms with Crippen LogP contribution in [0.3, 0.4) is 0 Å². The third kappa shape index (κ3) is 2.40. The van der Waals surface area contributed by atoms with E-state index in [0.717, 1.165) is 11.8 Å². The van der Waals surface area contributed by atoms with Crippen LogP contribution in [-0.4, -0.2) is 9.67 Å². The average Bonchev–Trinajstić information content (AvgIpc) is 2.51. The second kappa shape index (κ2) is 5.26. The van der Waals surface area contributed by atoms with E-state index in [1.165, 1.54) is 16.7 Å². The van der Waals surface area contributed by atoms with E-state index in [1.54, 1.807) is 37.4 Å². The van der Waals surface area contributed by atoms with E-state index >= 15 is 0 Å². The van der Waals surface area contributed by atoms with Gasteiger partial charge in [0, 0.05) is 17.3 Å². The zero-order chi connectivity index (χ0) is 15.0. The fraction of sp³-hybridized carbons (Fsp3) is 0.0625. The third-order valence-corrected chi connectivity index (χ3v) is 4.35. The molecular formula is C16H12FNO2S. The molecule has 0 amide bonds. The van der Waals surface area contributed by atoms with Gasteiger partial charge in [-0.2, -0.15) is 0 Å². The van der Waals surface area contributed by atoms with Gasteiger partial charge in [-0.3, -0.25) is 4.79 Å². The van der Waals surface area contributed by atoms with Crippen molar-refractivity contribution in [1.29, 1.82) is 0 Å². The first-order valence-electron chi connectivity index (χ1n) is 6.32. The molecule has 0 bridgehead atoms. The molecule has 106 valence electrons. The molecule has 3 nitrogen and oxygen atoms in total. The first-order valence-corrected chi connectivity index (χ1v) is 7.13. The first-order chi connectivity index (χ1) is 10.1. The molecule has 21 heavy (non-hydrogen) atoms. The Morgan fingerprint density at radius 1 is 1.10 bits per heavy atom. The van der Waals surface area contributed by atoms with Crippen LogP contribution in [0.1, 0.15) is 0 Å². The standard InChI is InChI=1S/C16H12FNO2S/c1-18-13-5-3-2-4-12(13)14(19)15(16(18)20)21-11-8-6-10(17)7-9-11/h2-9,19H,1H3. The van der Waals surface area contributed by atoms with Gasteiger partial charge in [0.1, 0.15) is 16.5 Å². The molecule has 1 N–H and O–H groups in total. The summed E-state index contributed by atoms with van der Waals surface area (Å²) in [5.41, 5.74) is 0.393. The Morgan fingerprint density at radius 3 is 2.48 bits per heavy atom. The summed E-state index contributed by atoms with van der Waals surface area (Å²) in [7, 11) is 1.67. The number of halogens is 1. The summed E-state index contributed by atoms with van der Waals surface area (Å²) in [5.74, 6) is -0.377. The van der Waals surface area contributed by atoms with Crippen LogP contribution in [0.5, 0.6) is 5.75 Å². The molecule has 5 heteroatoms. The molecule has 0 radical (unpaired) electrons. The van der Waals surface area contributed by atoms with Crippen LogP contribution in [0.2, 0.25) is 0 Å². The summed E-state index contributed by atoms with van der Waals surface area (Å²) in [6.07, 6.45) is 0. The molecule has 0 aliphatic rings. The van der Waals surface area contributed by atoms with Crippen molar-refractivity contribution in [1.82, 2.24) is 4.57 Å². The van der Waals surface area contributed by atoms with Gasteiger partial charge in [-0.1, -0.05) is 23.9 Å². The molecule has 0 aliphatic heterocycles. The molecule has 3 aromatic rings. The number of para-hydroxylation sites is 1. The smallest absolute Gasteiger partial charge is 0.268 e. The van der Waals surface area contributed by atoms with Gasteiger partial charge in [0.15, 0.2) is 0 Å². The number of aryl methyl sites for hydroxylation is 1. The lowest BCUT2D eigenvalue weighted by Gasteiger charge is -2.11. The van der Waals surface area contributed by atoms with Crippen molar-refractivity contribution in [2.75, 3.05) is 0 Å². The minimum atomic E-state index is -0.338. The van der Waals surface area contributed by atoms with Crippen molar-refractivity contribution in [3.8, 4) is 5.75 Å². The summed E-state index contributed by atoms with van der Waals surface area (Å²) in [5, 5.41) is 11.0. The molecule has 0 fully saturated rings. The minimum absolute atomic E-state index is 0.0389. The highest BCUT2D eigenvalue weighted by molar-refractivity contribution is 7.99. The van der Waals surface area contributed by atoms with Crippen LogP contribution in [-0.2, 0) is 7.05 Å². The van der Waals surface area contributed by atoms with Gasteiger partial charge in [-0.15, -0.1) is 0 Å². The van der Waals surface area contributed by atoms with Gasteiger partial charge in [0.2, 0.25) is 0 Å². The fourth-order valence-electron chi connectivity index (χ4n) is 2.16. The number of hydrogen-bond acceptors (Lipinski definition) is 3. The van der Waals surface area contributed by atoms with Gasteiger partial charge < -0.3 is 9.67 Å². The lowest BCUT2D eigenvalue weighted by molar-refractivity contribution is 0.465. The van der Waals surface area contributed by atoms with Crippen LogP contribution in [0.25, 0.3) is 10.9 Å². The van der Waals surface area contributed by atoms with Crippen molar-refractivity contribution in [2.24, 2.45) is 7.05 Å². The largest absolute Gasteiger partial charge is 0.506 e. The molecule has 1 heterocycles. The first kappa shape index (κ1) is 13.7. The monoisotopic (exact) mass is 301 g/mol. The molecule has 3 rings (SSSR count). The molecule has 0 unspecified atom stereocenters. The summed E-state index contributed by atoms with van der Waals surface area (Å²) in [4.78, 5) is 13.3. The van der Waals surface area contributed by atoms with Gasteiger partial charge >= 0.3 is 0 Å². The molecular weight excluding hydrogens is 289 g/mol. The zero-order valence-electron chi connectivity index (χ0n) is 11.2. The van der Waals surface area contributed by atoms with Crippen LogP contribution in [0.4, 0.5) is 4.39 Å². The second-order valence-corrected chi connectivity index (χ2v) is 5.70. The Morgan fingerprint density at radius 2 is 1.76 bits per heavy atom. The Bertz CT molecular complexity index is 872. The van der Waals surface area contributed by atoms with Crippen molar-refractivity contribution < 1.29 is 9.50 Å². The van der Waals surface area contributed by atoms with E-state index in [-0.39, 0.29) is 22.0 Å². The molecule has 0 saturated carbocycles. The predicted octanol–water partition coefficient (Wildman–Crippen LogP) is 3.53. The number of aromatic hydroxyl groups is 1. The van der Waals surface area contributed by atoms with Gasteiger partial charge in [-0.25, -0.2) is 4.39 Å². The number of fused-ring (bicyclic) bond motifs is 1. The Labute approximate surface area is 124 Å². The van der Waals surface area contributed by atoms with Crippen LogP contribution in [0.15, 0.2) is 63.1 Å². The number of pyridine rings is 1. The maximum atomic E-state index is 12.9. The summed E-state index contributed by atoms with van der Waals surface area (Å²) < 4.78 is 14.4. The third-order valence-electron chi connectivity index (χ3n) is 3.27. The lowest BCUT2D eigenvalue weighted by atomic mass is 10.2. The van der Waals surface area contributed by atoms with Crippen molar-refractivity contribution in [3.63, 3.8) is 0 Å². The highest BCUT2D eigenvalue weighted by atomic mass is 32.2. The summed E-state index contributed by atoms with van der Waals surface area (Å²) in [6, 6.07) is 13.0. The summed E-state index contributed by atoms with van der Waals surface area (Å²) >= 11 is 1.13. The van der Waals surface area contributed by atoms with Gasteiger partial charge in [-0.05, 0) is 36.4 Å². The molecule has 0 spiro atoms. The zero-order valence-corrected chi connectivity index (χ0v) is 12.0. The maximum absolute atomic E-state index is 12.9. The highest BCUT2D eigenvalue weighted by Crippen LogP contribution is 2.36. The van der Waals surface area contributed by atoms with E-state index in [4.69, 9.17) is 0 Å². The number of rotatable bonds is 2. The topological polar surface area (TPSA) is 42.2 Å². The van der Waals surface area contributed by atoms with E-state index in [1.807, 2.05) is 6.07 Å². The molecule has 1 aromatic heterocycles. The van der Waals surface area contributed by atoms with Crippen LogP contribution < -0.4 is 5.56 Å². The molecule has 2 aromatic carbocycles. The minimum Gasteiger partial charge on any atom is -0.506 e. The number of benzene rings is 2. The maximum Gasteiger partial charge on any atom is 0.268 e. The second-order valence-electron chi connectivity index (χ2n) is 4.62. The van der Waals surface area contributed by atoms with Gasteiger partial charge in [0.25, 0.3) is 5.56 Å². The Balaban J connectivity index is 2.18. The predicted molar refractivity (Wildman–Crippen MR) is 81.4 cm³/mol. The van der Waals surface area contributed by atoms with Gasteiger partial charge in [0.05, 0.1) is 5.52 Å². The van der Waals surface area contributed by atoms with E-state index in [0.29, 0.717) is 15.8 Å². The fourth-order valence-corrected chi connectivity index (χ4v) is 3.10. The summed E-state index contributed by atoms with van der Waals surface area (Å²) in [6.45, 7) is 0. The SMILES string of the molecule is Cn1c(=O)c(Sc2ccc(F)cc2)c(O)c2ccccc21. The Kier molecular flexibility index (Phi) is 3.43. The Hall–Kier alpha value is -2.27. The van der Waals surface area contributed by atoms with Crippen molar-refractivity contribution in [3.05, 3.63) is 64.7 Å².